The number of hydrogen-bond donors (Lipinski definition) is 1. The highest BCUT2D eigenvalue weighted by Crippen LogP contribution is 2.45. The number of hydrogen-bond acceptors (Lipinski definition) is 8. The normalized spacial score (nSPS) is 25.1. The van der Waals surface area contributed by atoms with E-state index in [4.69, 9.17) is 9.72 Å². The van der Waals surface area contributed by atoms with Gasteiger partial charge in [0.1, 0.15) is 10.7 Å². The first-order chi connectivity index (χ1) is 19.9. The smallest absolute Gasteiger partial charge is 0.268 e. The van der Waals surface area contributed by atoms with Crippen LogP contribution in [0.5, 0.6) is 5.88 Å². The molecule has 3 aliphatic carbocycles. The lowest BCUT2D eigenvalue weighted by Gasteiger charge is -2.42. The molecule has 42 heavy (non-hydrogen) atoms. The van der Waals surface area contributed by atoms with Gasteiger partial charge in [0.25, 0.3) is 15.9 Å². The molecule has 3 saturated carbocycles. The molecule has 3 aromatic rings. The summed E-state index contributed by atoms with van der Waals surface area (Å²) in [4.78, 5) is 20.5. The van der Waals surface area contributed by atoms with Crippen LogP contribution in [-0.4, -0.2) is 57.6 Å². The standard InChI is InChI=1S/C30H41N7O4S/c1-19-15-30(3,4)36(16-19)28-24(29(38)34-42(39,40)25-17-35(5)32-20(25)2)10-11-26(31-28)37-13-12-27(33-37)41-18-23-14-21-6-8-22(23)9-7-21/h10-13,17,19,21-23H,6-9,14-16,18H2,1-5H3,(H,34,38)/t19-,21-,22+,23?/m0/s1. The van der Waals surface area contributed by atoms with Crippen LogP contribution in [0.1, 0.15) is 75.3 Å². The molecule has 3 aromatic heterocycles. The van der Waals surface area contributed by atoms with Crippen LogP contribution in [0.4, 0.5) is 5.82 Å². The zero-order chi connectivity index (χ0) is 29.8. The molecule has 4 aliphatic rings. The number of carbonyl (C=O) groups is 1. The number of aromatic nitrogens is 5. The van der Waals surface area contributed by atoms with Crippen molar-refractivity contribution in [2.75, 3.05) is 18.1 Å². The van der Waals surface area contributed by atoms with Gasteiger partial charge in [0, 0.05) is 37.6 Å². The lowest BCUT2D eigenvalue weighted by atomic mass is 9.65. The number of nitrogens with zero attached hydrogens (tertiary/aromatic N) is 6. The van der Waals surface area contributed by atoms with Crippen molar-refractivity contribution in [2.24, 2.45) is 30.7 Å². The number of ether oxygens (including phenoxy) is 1. The zero-order valence-electron chi connectivity index (χ0n) is 25.1. The van der Waals surface area contributed by atoms with Crippen molar-refractivity contribution in [1.29, 1.82) is 0 Å². The van der Waals surface area contributed by atoms with Crippen LogP contribution in [0.15, 0.2) is 35.5 Å². The highest BCUT2D eigenvalue weighted by molar-refractivity contribution is 7.90. The van der Waals surface area contributed by atoms with E-state index < -0.39 is 15.9 Å². The van der Waals surface area contributed by atoms with Crippen molar-refractivity contribution in [3.63, 3.8) is 0 Å². The molecule has 1 unspecified atom stereocenters. The highest BCUT2D eigenvalue weighted by Gasteiger charge is 2.40. The van der Waals surface area contributed by atoms with Crippen LogP contribution < -0.4 is 14.4 Å². The number of carbonyl (C=O) groups excluding carboxylic acids is 1. The molecule has 1 aliphatic heterocycles. The van der Waals surface area contributed by atoms with Gasteiger partial charge in [-0.15, -0.1) is 5.10 Å². The fraction of sp³-hybridized carbons (Fsp3) is 0.600. The average molecular weight is 596 g/mol. The van der Waals surface area contributed by atoms with E-state index in [9.17, 15) is 13.2 Å². The first kappa shape index (κ1) is 28.7. The van der Waals surface area contributed by atoms with Crippen molar-refractivity contribution in [3.8, 4) is 11.7 Å². The van der Waals surface area contributed by atoms with Crippen LogP contribution in [0.3, 0.4) is 0 Å². The Morgan fingerprint density at radius 1 is 1.14 bits per heavy atom. The molecule has 7 rings (SSSR count). The molecule has 12 heteroatoms. The summed E-state index contributed by atoms with van der Waals surface area (Å²) in [5, 5.41) is 8.75. The van der Waals surface area contributed by atoms with Gasteiger partial charge < -0.3 is 9.64 Å². The molecule has 2 atom stereocenters. The van der Waals surface area contributed by atoms with Crippen LogP contribution in [-0.2, 0) is 17.1 Å². The third-order valence-corrected chi connectivity index (χ3v) is 10.8. The molecular weight excluding hydrogens is 554 g/mol. The highest BCUT2D eigenvalue weighted by atomic mass is 32.2. The molecule has 1 amide bonds. The van der Waals surface area contributed by atoms with Gasteiger partial charge in [-0.1, -0.05) is 19.8 Å². The van der Waals surface area contributed by atoms with E-state index in [-0.39, 0.29) is 16.0 Å². The third-order valence-electron chi connectivity index (χ3n) is 9.36. The molecule has 4 fully saturated rings. The number of fused-ring (bicyclic) bond motifs is 3. The maximum atomic E-state index is 13.5. The summed E-state index contributed by atoms with van der Waals surface area (Å²) in [7, 11) is -2.50. The molecule has 1 N–H and O–H groups in total. The lowest BCUT2D eigenvalue weighted by molar-refractivity contribution is 0.0601. The predicted octanol–water partition coefficient (Wildman–Crippen LogP) is 4.26. The topological polar surface area (TPSA) is 124 Å². The first-order valence-electron chi connectivity index (χ1n) is 14.9. The van der Waals surface area contributed by atoms with Crippen molar-refractivity contribution < 1.29 is 17.9 Å². The Morgan fingerprint density at radius 3 is 2.52 bits per heavy atom. The minimum atomic E-state index is -4.14. The van der Waals surface area contributed by atoms with Crippen LogP contribution in [0, 0.1) is 30.6 Å². The van der Waals surface area contributed by atoms with E-state index in [0.29, 0.717) is 48.2 Å². The summed E-state index contributed by atoms with van der Waals surface area (Å²) in [6, 6.07) is 5.15. The Kier molecular flexibility index (Phi) is 7.31. The molecular formula is C30H41N7O4S. The van der Waals surface area contributed by atoms with Gasteiger partial charge in [0.15, 0.2) is 5.82 Å². The largest absolute Gasteiger partial charge is 0.476 e. The van der Waals surface area contributed by atoms with Crippen molar-refractivity contribution in [3.05, 3.63) is 41.9 Å². The second kappa shape index (κ2) is 10.7. The molecule has 1 saturated heterocycles. The van der Waals surface area contributed by atoms with E-state index in [0.717, 1.165) is 18.3 Å². The Labute approximate surface area is 247 Å². The number of sulfonamides is 1. The second-order valence-electron chi connectivity index (χ2n) is 13.1. The molecule has 2 bridgehead atoms. The lowest BCUT2D eigenvalue weighted by Crippen LogP contribution is -2.41. The summed E-state index contributed by atoms with van der Waals surface area (Å²) < 4.78 is 37.7. The van der Waals surface area contributed by atoms with Gasteiger partial charge in [-0.25, -0.2) is 22.8 Å². The SMILES string of the molecule is Cc1nn(C)cc1S(=O)(=O)NC(=O)c1ccc(-n2ccc(OCC3C[C@H]4CC[C@@H]3CC4)n2)nc1N1C[C@@H](C)CC1(C)C. The van der Waals surface area contributed by atoms with Gasteiger partial charge in [-0.05, 0) is 82.3 Å². The van der Waals surface area contributed by atoms with Crippen molar-refractivity contribution in [2.45, 2.75) is 76.7 Å². The van der Waals surface area contributed by atoms with Gasteiger partial charge in [-0.2, -0.15) is 5.10 Å². The van der Waals surface area contributed by atoms with E-state index in [1.807, 2.05) is 12.3 Å². The van der Waals surface area contributed by atoms with E-state index in [1.165, 1.54) is 43.0 Å². The number of rotatable bonds is 8. The van der Waals surface area contributed by atoms with E-state index in [2.05, 4.69) is 40.6 Å². The maximum Gasteiger partial charge on any atom is 0.268 e. The second-order valence-corrected chi connectivity index (χ2v) is 14.8. The Hall–Kier alpha value is -3.41. The van der Waals surface area contributed by atoms with Crippen molar-refractivity contribution >= 4 is 21.7 Å². The summed E-state index contributed by atoms with van der Waals surface area (Å²) >= 11 is 0. The third kappa shape index (κ3) is 5.52. The van der Waals surface area contributed by atoms with Crippen LogP contribution in [0.25, 0.3) is 5.82 Å². The summed E-state index contributed by atoms with van der Waals surface area (Å²) in [5.41, 5.74) is 0.215. The van der Waals surface area contributed by atoms with Crippen LogP contribution in [0.2, 0.25) is 0 Å². The maximum absolute atomic E-state index is 13.5. The number of pyridine rings is 1. The number of amides is 1. The number of anilines is 1. The fourth-order valence-corrected chi connectivity index (χ4v) is 8.59. The molecule has 0 spiro atoms. The van der Waals surface area contributed by atoms with Gasteiger partial charge >= 0.3 is 0 Å². The minimum absolute atomic E-state index is 0.0373. The number of aryl methyl sites for hydroxylation is 2. The molecule has 0 aromatic carbocycles. The summed E-state index contributed by atoms with van der Waals surface area (Å²) in [5.74, 6) is 3.34. The summed E-state index contributed by atoms with van der Waals surface area (Å²) in [6.07, 6.45) is 10.7. The minimum Gasteiger partial charge on any atom is -0.476 e. The van der Waals surface area contributed by atoms with Crippen molar-refractivity contribution in [1.82, 2.24) is 29.3 Å². The van der Waals surface area contributed by atoms with Crippen LogP contribution >= 0.6 is 0 Å². The fourth-order valence-electron chi connectivity index (χ4n) is 7.41. The zero-order valence-corrected chi connectivity index (χ0v) is 25.9. The van der Waals surface area contributed by atoms with Gasteiger partial charge in [-0.3, -0.25) is 9.48 Å². The monoisotopic (exact) mass is 595 g/mol. The summed E-state index contributed by atoms with van der Waals surface area (Å²) in [6.45, 7) is 9.35. The van der Waals surface area contributed by atoms with Gasteiger partial charge in [0.05, 0.1) is 17.9 Å². The Balaban J connectivity index is 1.27. The average Bonchev–Trinajstić information content (AvgIpc) is 3.63. The molecule has 0 radical (unpaired) electrons. The first-order valence-corrected chi connectivity index (χ1v) is 16.4. The van der Waals surface area contributed by atoms with E-state index in [1.54, 1.807) is 30.8 Å². The predicted molar refractivity (Wildman–Crippen MR) is 158 cm³/mol. The van der Waals surface area contributed by atoms with Gasteiger partial charge in [0.2, 0.25) is 5.88 Å². The molecule has 226 valence electrons. The molecule has 11 nitrogen and oxygen atoms in total. The Morgan fingerprint density at radius 2 is 1.90 bits per heavy atom. The quantitative estimate of drug-likeness (QED) is 0.410. The Bertz CT molecular complexity index is 1590. The molecule has 4 heterocycles. The van der Waals surface area contributed by atoms with E-state index >= 15 is 0 Å². The number of nitrogens with one attached hydrogen (secondary N) is 1.